The monoisotopic (exact) mass is 215 g/mol. The number of hydrogen-bond acceptors (Lipinski definition) is 1. The second kappa shape index (κ2) is 5.40. The van der Waals surface area contributed by atoms with E-state index in [4.69, 9.17) is 5.26 Å². The highest BCUT2D eigenvalue weighted by Crippen LogP contribution is 2.31. The molecule has 0 aliphatic heterocycles. The van der Waals surface area contributed by atoms with Crippen LogP contribution >= 0.6 is 0 Å². The lowest BCUT2D eigenvalue weighted by atomic mass is 10.1. The molecular weight excluding hydrogens is 203 g/mol. The summed E-state index contributed by atoms with van der Waals surface area (Å²) in [6, 6.07) is 5.09. The van der Waals surface area contributed by atoms with Gasteiger partial charge in [-0.3, -0.25) is 0 Å². The van der Waals surface area contributed by atoms with Crippen LogP contribution in [0.1, 0.15) is 30.5 Å². The number of aryl methyl sites for hydroxylation is 1. The van der Waals surface area contributed by atoms with Crippen molar-refractivity contribution in [1.82, 2.24) is 0 Å². The van der Waals surface area contributed by atoms with Crippen LogP contribution in [-0.4, -0.2) is 0 Å². The van der Waals surface area contributed by atoms with Crippen molar-refractivity contribution in [3.05, 3.63) is 34.9 Å². The Morgan fingerprint density at radius 1 is 1.20 bits per heavy atom. The fourth-order valence-corrected chi connectivity index (χ4v) is 1.05. The van der Waals surface area contributed by atoms with Crippen molar-refractivity contribution in [2.75, 3.05) is 0 Å². The molecule has 1 rings (SSSR count). The van der Waals surface area contributed by atoms with Crippen molar-refractivity contribution in [1.29, 1.82) is 5.26 Å². The Hall–Kier alpha value is -1.50. The molecule has 1 aromatic carbocycles. The zero-order chi connectivity index (χ0) is 12.1. The largest absolute Gasteiger partial charge is 0.416 e. The summed E-state index contributed by atoms with van der Waals surface area (Å²) in [7, 11) is 0. The number of hydrogen-bond donors (Lipinski definition) is 0. The van der Waals surface area contributed by atoms with E-state index in [1.807, 2.05) is 13.8 Å². The molecule has 0 aromatic heterocycles. The maximum atomic E-state index is 12.2. The Bertz CT molecular complexity index is 361. The number of alkyl halides is 3. The average Bonchev–Trinajstić information content (AvgIpc) is 2.18. The first-order valence-corrected chi connectivity index (χ1v) is 4.53. The minimum atomic E-state index is -4.34. The van der Waals surface area contributed by atoms with Crippen LogP contribution in [0.15, 0.2) is 18.2 Å². The predicted octanol–water partition coefficient (Wildman–Crippen LogP) is 3.91. The molecule has 0 saturated heterocycles. The lowest BCUT2D eigenvalue weighted by Crippen LogP contribution is -2.07. The molecule has 0 unspecified atom stereocenters. The van der Waals surface area contributed by atoms with Crippen molar-refractivity contribution < 1.29 is 13.2 Å². The number of halogens is 3. The molecular formula is C11H12F3N. The van der Waals surface area contributed by atoms with Gasteiger partial charge < -0.3 is 0 Å². The standard InChI is InChI=1S/C9H6F3N.C2H6/c1-6-4-7(5-13)2-3-8(6)9(10,11)12;1-2/h2-4H,1H3;1-2H3. The van der Waals surface area contributed by atoms with Gasteiger partial charge in [-0.25, -0.2) is 0 Å². The molecule has 0 amide bonds. The van der Waals surface area contributed by atoms with E-state index in [9.17, 15) is 13.2 Å². The first kappa shape index (κ1) is 13.5. The van der Waals surface area contributed by atoms with E-state index in [0.29, 0.717) is 0 Å². The zero-order valence-corrected chi connectivity index (χ0v) is 8.81. The zero-order valence-electron chi connectivity index (χ0n) is 8.81. The number of rotatable bonds is 0. The molecule has 0 fully saturated rings. The third-order valence-corrected chi connectivity index (χ3v) is 1.66. The molecule has 82 valence electrons. The minimum absolute atomic E-state index is 0.0755. The van der Waals surface area contributed by atoms with Crippen LogP contribution in [0.4, 0.5) is 13.2 Å². The molecule has 0 saturated carbocycles. The van der Waals surface area contributed by atoms with E-state index in [0.717, 1.165) is 12.1 Å². The van der Waals surface area contributed by atoms with Crippen molar-refractivity contribution in [2.24, 2.45) is 0 Å². The molecule has 0 N–H and O–H groups in total. The van der Waals surface area contributed by atoms with Crippen molar-refractivity contribution in [3.8, 4) is 6.07 Å². The Kier molecular flexibility index (Phi) is 4.86. The van der Waals surface area contributed by atoms with Gasteiger partial charge in [0.25, 0.3) is 0 Å². The molecule has 0 aliphatic rings. The lowest BCUT2D eigenvalue weighted by Gasteiger charge is -2.09. The second-order valence-corrected chi connectivity index (χ2v) is 2.64. The van der Waals surface area contributed by atoms with Gasteiger partial charge in [0, 0.05) is 0 Å². The summed E-state index contributed by atoms with van der Waals surface area (Å²) in [6.45, 7) is 5.34. The van der Waals surface area contributed by atoms with Crippen LogP contribution in [0.3, 0.4) is 0 Å². The smallest absolute Gasteiger partial charge is 0.192 e. The molecule has 0 heterocycles. The highest BCUT2D eigenvalue weighted by Gasteiger charge is 2.31. The average molecular weight is 215 g/mol. The first-order valence-electron chi connectivity index (χ1n) is 4.53. The third-order valence-electron chi connectivity index (χ3n) is 1.66. The van der Waals surface area contributed by atoms with Gasteiger partial charge >= 0.3 is 6.18 Å². The highest BCUT2D eigenvalue weighted by molar-refractivity contribution is 5.38. The van der Waals surface area contributed by atoms with Gasteiger partial charge in [-0.15, -0.1) is 0 Å². The molecule has 0 aliphatic carbocycles. The van der Waals surface area contributed by atoms with Gasteiger partial charge in [0.15, 0.2) is 0 Å². The van der Waals surface area contributed by atoms with E-state index in [2.05, 4.69) is 0 Å². The van der Waals surface area contributed by atoms with Crippen LogP contribution in [0, 0.1) is 18.3 Å². The quantitative estimate of drug-likeness (QED) is 0.643. The van der Waals surface area contributed by atoms with Crippen LogP contribution in [0.2, 0.25) is 0 Å². The van der Waals surface area contributed by atoms with Crippen molar-refractivity contribution >= 4 is 0 Å². The summed E-state index contributed by atoms with van der Waals surface area (Å²) < 4.78 is 36.6. The summed E-state index contributed by atoms with van der Waals surface area (Å²) in [5.41, 5.74) is -0.372. The van der Waals surface area contributed by atoms with E-state index >= 15 is 0 Å². The van der Waals surface area contributed by atoms with E-state index in [1.165, 1.54) is 13.0 Å². The fourth-order valence-electron chi connectivity index (χ4n) is 1.05. The first-order chi connectivity index (χ1) is 6.95. The van der Waals surface area contributed by atoms with E-state index in [-0.39, 0.29) is 11.1 Å². The number of nitrogens with zero attached hydrogens (tertiary/aromatic N) is 1. The normalized spacial score (nSPS) is 9.93. The highest BCUT2D eigenvalue weighted by atomic mass is 19.4. The van der Waals surface area contributed by atoms with Crippen LogP contribution in [-0.2, 0) is 6.18 Å². The van der Waals surface area contributed by atoms with Gasteiger partial charge in [0.2, 0.25) is 0 Å². The molecule has 1 aromatic rings. The maximum Gasteiger partial charge on any atom is 0.416 e. The molecule has 0 bridgehead atoms. The van der Waals surface area contributed by atoms with Crippen LogP contribution in [0.5, 0.6) is 0 Å². The van der Waals surface area contributed by atoms with Crippen LogP contribution < -0.4 is 0 Å². The molecule has 0 spiro atoms. The Balaban J connectivity index is 0.000000921. The van der Waals surface area contributed by atoms with Gasteiger partial charge in [0.05, 0.1) is 17.2 Å². The summed E-state index contributed by atoms with van der Waals surface area (Å²) in [5, 5.41) is 8.42. The topological polar surface area (TPSA) is 23.8 Å². The third kappa shape index (κ3) is 3.62. The summed E-state index contributed by atoms with van der Waals surface area (Å²) in [5.74, 6) is 0. The van der Waals surface area contributed by atoms with E-state index in [1.54, 1.807) is 6.07 Å². The fraction of sp³-hybridized carbons (Fsp3) is 0.364. The van der Waals surface area contributed by atoms with Gasteiger partial charge in [-0.1, -0.05) is 13.8 Å². The van der Waals surface area contributed by atoms with Gasteiger partial charge in [-0.05, 0) is 30.7 Å². The van der Waals surface area contributed by atoms with Crippen molar-refractivity contribution in [3.63, 3.8) is 0 Å². The van der Waals surface area contributed by atoms with Crippen LogP contribution in [0.25, 0.3) is 0 Å². The van der Waals surface area contributed by atoms with Gasteiger partial charge in [0.1, 0.15) is 0 Å². The van der Waals surface area contributed by atoms with E-state index < -0.39 is 11.7 Å². The number of nitriles is 1. The van der Waals surface area contributed by atoms with Crippen molar-refractivity contribution in [2.45, 2.75) is 26.9 Å². The SMILES string of the molecule is CC.Cc1cc(C#N)ccc1C(F)(F)F. The van der Waals surface area contributed by atoms with Gasteiger partial charge in [-0.2, -0.15) is 18.4 Å². The Morgan fingerprint density at radius 2 is 1.73 bits per heavy atom. The maximum absolute atomic E-state index is 12.2. The molecule has 0 atom stereocenters. The number of benzene rings is 1. The lowest BCUT2D eigenvalue weighted by molar-refractivity contribution is -0.138. The Morgan fingerprint density at radius 3 is 2.07 bits per heavy atom. The molecule has 0 radical (unpaired) electrons. The Labute approximate surface area is 87.2 Å². The summed E-state index contributed by atoms with van der Waals surface area (Å²) in [4.78, 5) is 0. The minimum Gasteiger partial charge on any atom is -0.192 e. The summed E-state index contributed by atoms with van der Waals surface area (Å²) >= 11 is 0. The summed E-state index contributed by atoms with van der Waals surface area (Å²) in [6.07, 6.45) is -4.34. The molecule has 4 heteroatoms. The second-order valence-electron chi connectivity index (χ2n) is 2.64. The molecule has 1 nitrogen and oxygen atoms in total. The predicted molar refractivity (Wildman–Crippen MR) is 52.2 cm³/mol. The molecule has 15 heavy (non-hydrogen) atoms.